The number of hydrogen-bond acceptors (Lipinski definition) is 2. The fourth-order valence-corrected chi connectivity index (χ4v) is 2.99. The van der Waals surface area contributed by atoms with E-state index in [4.69, 9.17) is 0 Å². The molecule has 2 aromatic rings. The van der Waals surface area contributed by atoms with E-state index in [0.717, 1.165) is 17.8 Å². The van der Waals surface area contributed by atoms with Gasteiger partial charge in [-0.2, -0.15) is 0 Å². The Labute approximate surface area is 142 Å². The van der Waals surface area contributed by atoms with Crippen LogP contribution in [0, 0.1) is 5.92 Å². The first-order valence-corrected chi connectivity index (χ1v) is 8.67. The van der Waals surface area contributed by atoms with Gasteiger partial charge in [0.2, 0.25) is 5.56 Å². The summed E-state index contributed by atoms with van der Waals surface area (Å²) in [7, 11) is 0. The third-order valence-corrected chi connectivity index (χ3v) is 4.69. The molecule has 1 aliphatic carbocycles. The lowest BCUT2D eigenvalue weighted by atomic mass is 10.0. The highest BCUT2D eigenvalue weighted by Gasteiger charge is 2.30. The number of aryl methyl sites for hydroxylation is 1. The van der Waals surface area contributed by atoms with Crippen molar-refractivity contribution < 1.29 is 4.79 Å². The van der Waals surface area contributed by atoms with Gasteiger partial charge in [-0.25, -0.2) is 0 Å². The molecule has 1 amide bonds. The molecule has 1 saturated carbocycles. The number of hydrogen-bond donors (Lipinski definition) is 1. The van der Waals surface area contributed by atoms with Crippen molar-refractivity contribution >= 4 is 5.91 Å². The number of nitrogens with one attached hydrogen (secondary N) is 1. The van der Waals surface area contributed by atoms with Crippen LogP contribution in [-0.2, 0) is 6.42 Å². The summed E-state index contributed by atoms with van der Waals surface area (Å²) in [6.07, 6.45) is 3.06. The number of aromatic amines is 1. The highest BCUT2D eigenvalue weighted by Crippen LogP contribution is 2.33. The molecule has 1 heterocycles. The maximum atomic E-state index is 13.1. The van der Waals surface area contributed by atoms with E-state index in [0.29, 0.717) is 17.9 Å². The van der Waals surface area contributed by atoms with Crippen LogP contribution in [0.15, 0.2) is 47.3 Å². The van der Waals surface area contributed by atoms with Gasteiger partial charge in [0, 0.05) is 23.9 Å². The molecule has 0 unspecified atom stereocenters. The van der Waals surface area contributed by atoms with Gasteiger partial charge < -0.3 is 9.88 Å². The first-order chi connectivity index (χ1) is 11.6. The molecule has 0 saturated heterocycles. The minimum absolute atomic E-state index is 0.0105. The SMILES string of the molecule is CCc1cc(C(=O)N(CC2CC2)[C@@H](C)c2ccccc2)cc(=O)[nH]1. The van der Waals surface area contributed by atoms with Crippen LogP contribution in [0.3, 0.4) is 0 Å². The molecule has 3 rings (SSSR count). The van der Waals surface area contributed by atoms with Gasteiger partial charge in [-0.15, -0.1) is 0 Å². The highest BCUT2D eigenvalue weighted by atomic mass is 16.2. The van der Waals surface area contributed by atoms with E-state index < -0.39 is 0 Å². The molecule has 1 aromatic carbocycles. The quantitative estimate of drug-likeness (QED) is 0.883. The average Bonchev–Trinajstić information content (AvgIpc) is 3.43. The standard InChI is InChI=1S/C20H24N2O2/c1-3-18-11-17(12-19(23)21-18)20(24)22(13-15-9-10-15)14(2)16-7-5-4-6-8-16/h4-8,11-12,14-15H,3,9-10,13H2,1-2H3,(H,21,23)/t14-/m0/s1. The zero-order chi connectivity index (χ0) is 17.1. The Hall–Kier alpha value is -2.36. The van der Waals surface area contributed by atoms with E-state index in [1.54, 1.807) is 6.07 Å². The molecule has 1 atom stereocenters. The maximum Gasteiger partial charge on any atom is 0.254 e. The lowest BCUT2D eigenvalue weighted by molar-refractivity contribution is 0.0680. The lowest BCUT2D eigenvalue weighted by Crippen LogP contribution is -2.36. The Kier molecular flexibility index (Phi) is 4.84. The molecule has 1 aliphatic rings. The fourth-order valence-electron chi connectivity index (χ4n) is 2.99. The predicted molar refractivity (Wildman–Crippen MR) is 95.1 cm³/mol. The number of nitrogens with zero attached hydrogens (tertiary/aromatic N) is 1. The van der Waals surface area contributed by atoms with Gasteiger partial charge in [0.1, 0.15) is 0 Å². The topological polar surface area (TPSA) is 53.2 Å². The van der Waals surface area contributed by atoms with Crippen molar-refractivity contribution in [1.82, 2.24) is 9.88 Å². The van der Waals surface area contributed by atoms with E-state index in [1.165, 1.54) is 18.9 Å². The number of aromatic nitrogens is 1. The first-order valence-electron chi connectivity index (χ1n) is 8.67. The van der Waals surface area contributed by atoms with Crippen LogP contribution >= 0.6 is 0 Å². The molecule has 1 aromatic heterocycles. The molecule has 1 fully saturated rings. The van der Waals surface area contributed by atoms with Gasteiger partial charge >= 0.3 is 0 Å². The zero-order valence-corrected chi connectivity index (χ0v) is 14.3. The summed E-state index contributed by atoms with van der Waals surface area (Å²) in [5.41, 5.74) is 2.19. The molecule has 0 spiro atoms. The van der Waals surface area contributed by atoms with Crippen molar-refractivity contribution in [3.8, 4) is 0 Å². The van der Waals surface area contributed by atoms with Crippen molar-refractivity contribution in [2.24, 2.45) is 5.92 Å². The monoisotopic (exact) mass is 324 g/mol. The molecule has 4 nitrogen and oxygen atoms in total. The number of benzene rings is 1. The van der Waals surface area contributed by atoms with Gasteiger partial charge in [0.05, 0.1) is 6.04 Å². The Bertz CT molecular complexity index is 763. The summed E-state index contributed by atoms with van der Waals surface area (Å²) in [6.45, 7) is 4.78. The molecule has 24 heavy (non-hydrogen) atoms. The second-order valence-electron chi connectivity index (χ2n) is 6.60. The van der Waals surface area contributed by atoms with Crippen LogP contribution in [-0.4, -0.2) is 22.3 Å². The molecule has 1 N–H and O–H groups in total. The van der Waals surface area contributed by atoms with Gasteiger partial charge in [-0.1, -0.05) is 37.3 Å². The fraction of sp³-hybridized carbons (Fsp3) is 0.400. The van der Waals surface area contributed by atoms with Crippen molar-refractivity contribution in [2.45, 2.75) is 39.2 Å². The largest absolute Gasteiger partial charge is 0.332 e. The van der Waals surface area contributed by atoms with Gasteiger partial charge in [0.25, 0.3) is 5.91 Å². The third kappa shape index (κ3) is 3.75. The molecule has 4 heteroatoms. The maximum absolute atomic E-state index is 13.1. The normalized spacial score (nSPS) is 15.1. The Morgan fingerprint density at radius 1 is 1.25 bits per heavy atom. The van der Waals surface area contributed by atoms with Gasteiger partial charge in [-0.3, -0.25) is 9.59 Å². The highest BCUT2D eigenvalue weighted by molar-refractivity contribution is 5.94. The molecule has 126 valence electrons. The van der Waals surface area contributed by atoms with E-state index in [-0.39, 0.29) is 17.5 Å². The van der Waals surface area contributed by atoms with Crippen LogP contribution in [0.1, 0.15) is 54.3 Å². The van der Waals surface area contributed by atoms with Gasteiger partial charge in [-0.05, 0) is 43.7 Å². The van der Waals surface area contributed by atoms with Crippen molar-refractivity contribution in [3.63, 3.8) is 0 Å². The molecule has 0 radical (unpaired) electrons. The number of amides is 1. The summed E-state index contributed by atoms with van der Waals surface area (Å²) < 4.78 is 0. The summed E-state index contributed by atoms with van der Waals surface area (Å²) in [6, 6.07) is 13.3. The molecule has 0 bridgehead atoms. The van der Waals surface area contributed by atoms with E-state index in [9.17, 15) is 9.59 Å². The lowest BCUT2D eigenvalue weighted by Gasteiger charge is -2.30. The number of carbonyl (C=O) groups excluding carboxylic acids is 1. The molecular formula is C20H24N2O2. The smallest absolute Gasteiger partial charge is 0.254 e. The second kappa shape index (κ2) is 7.04. The number of H-pyrrole nitrogens is 1. The van der Waals surface area contributed by atoms with E-state index in [1.807, 2.05) is 42.2 Å². The Balaban J connectivity index is 1.91. The Morgan fingerprint density at radius 3 is 2.58 bits per heavy atom. The zero-order valence-electron chi connectivity index (χ0n) is 14.3. The van der Waals surface area contributed by atoms with E-state index in [2.05, 4.69) is 11.9 Å². The van der Waals surface area contributed by atoms with Crippen LogP contribution in [0.2, 0.25) is 0 Å². The summed E-state index contributed by atoms with van der Waals surface area (Å²) in [5, 5.41) is 0. The third-order valence-electron chi connectivity index (χ3n) is 4.69. The van der Waals surface area contributed by atoms with Crippen molar-refractivity contribution in [2.75, 3.05) is 6.54 Å². The average molecular weight is 324 g/mol. The minimum Gasteiger partial charge on any atom is -0.332 e. The molecular weight excluding hydrogens is 300 g/mol. The van der Waals surface area contributed by atoms with E-state index >= 15 is 0 Å². The van der Waals surface area contributed by atoms with Crippen LogP contribution in [0.25, 0.3) is 0 Å². The van der Waals surface area contributed by atoms with Crippen LogP contribution < -0.4 is 5.56 Å². The van der Waals surface area contributed by atoms with Crippen molar-refractivity contribution in [3.05, 3.63) is 69.6 Å². The van der Waals surface area contributed by atoms with Crippen LogP contribution in [0.5, 0.6) is 0 Å². The number of pyridine rings is 1. The minimum atomic E-state index is -0.212. The number of rotatable bonds is 6. The Morgan fingerprint density at radius 2 is 1.96 bits per heavy atom. The predicted octanol–water partition coefficient (Wildman–Crippen LogP) is 3.55. The summed E-state index contributed by atoms with van der Waals surface area (Å²) >= 11 is 0. The second-order valence-corrected chi connectivity index (χ2v) is 6.60. The number of carbonyl (C=O) groups is 1. The molecule has 0 aliphatic heterocycles. The first kappa shape index (κ1) is 16.5. The summed E-state index contributed by atoms with van der Waals surface area (Å²) in [4.78, 5) is 29.7. The van der Waals surface area contributed by atoms with Crippen LogP contribution in [0.4, 0.5) is 0 Å². The van der Waals surface area contributed by atoms with Gasteiger partial charge in [0.15, 0.2) is 0 Å². The summed E-state index contributed by atoms with van der Waals surface area (Å²) in [5.74, 6) is 0.534. The van der Waals surface area contributed by atoms with Crippen molar-refractivity contribution in [1.29, 1.82) is 0 Å².